The molecule has 4 aromatic rings. The summed E-state index contributed by atoms with van der Waals surface area (Å²) in [6.45, 7) is 4.06. The molecule has 0 fully saturated rings. The molecule has 136 valence electrons. The van der Waals surface area contributed by atoms with Gasteiger partial charge in [-0.1, -0.05) is 59.6 Å². The van der Waals surface area contributed by atoms with Crippen molar-refractivity contribution in [2.24, 2.45) is 0 Å². The Morgan fingerprint density at radius 1 is 1.11 bits per heavy atom. The predicted octanol–water partition coefficient (Wildman–Crippen LogP) is 6.69. The van der Waals surface area contributed by atoms with Gasteiger partial charge in [0, 0.05) is 21.9 Å². The highest BCUT2D eigenvalue weighted by Gasteiger charge is 2.11. The van der Waals surface area contributed by atoms with Crippen LogP contribution in [-0.4, -0.2) is 9.97 Å². The number of nitriles is 1. The SMILES string of the molecule is Cc1ccc(-c2csc(/C(C#N)=C\c3cc4cccc(C)c4nc3Cl)n2)cc1. The molecule has 0 aliphatic rings. The standard InChI is InChI=1S/C23H16ClN3S/c1-14-6-8-16(9-7-14)20-13-28-23(26-20)19(12-25)11-18-10-17-5-3-4-15(2)21(17)27-22(18)24/h3-11,13H,1-2H3/b19-11-. The topological polar surface area (TPSA) is 49.6 Å². The Morgan fingerprint density at radius 3 is 2.64 bits per heavy atom. The zero-order valence-electron chi connectivity index (χ0n) is 15.4. The van der Waals surface area contributed by atoms with E-state index in [1.807, 2.05) is 48.7 Å². The number of aromatic nitrogens is 2. The fourth-order valence-electron chi connectivity index (χ4n) is 2.99. The number of para-hydroxylation sites is 1. The Labute approximate surface area is 172 Å². The van der Waals surface area contributed by atoms with Crippen molar-refractivity contribution in [3.05, 3.63) is 80.8 Å². The molecular formula is C23H16ClN3S. The van der Waals surface area contributed by atoms with Crippen LogP contribution in [0.15, 0.2) is 53.9 Å². The smallest absolute Gasteiger partial charge is 0.137 e. The van der Waals surface area contributed by atoms with Gasteiger partial charge >= 0.3 is 0 Å². The van der Waals surface area contributed by atoms with Crippen LogP contribution in [-0.2, 0) is 0 Å². The molecule has 0 saturated heterocycles. The lowest BCUT2D eigenvalue weighted by Crippen LogP contribution is -1.89. The van der Waals surface area contributed by atoms with Crippen LogP contribution in [0.25, 0.3) is 33.8 Å². The van der Waals surface area contributed by atoms with Crippen molar-refractivity contribution in [3.8, 4) is 17.3 Å². The van der Waals surface area contributed by atoms with E-state index in [9.17, 15) is 5.26 Å². The highest BCUT2D eigenvalue weighted by Crippen LogP contribution is 2.30. The third-order valence-electron chi connectivity index (χ3n) is 4.53. The number of aryl methyl sites for hydroxylation is 2. The molecular weight excluding hydrogens is 386 g/mol. The molecule has 0 spiro atoms. The second-order valence-electron chi connectivity index (χ2n) is 6.59. The van der Waals surface area contributed by atoms with Crippen LogP contribution in [0.3, 0.4) is 0 Å². The maximum Gasteiger partial charge on any atom is 0.137 e. The number of hydrogen-bond donors (Lipinski definition) is 0. The zero-order valence-corrected chi connectivity index (χ0v) is 17.0. The predicted molar refractivity (Wildman–Crippen MR) is 117 cm³/mol. The first-order valence-electron chi connectivity index (χ1n) is 8.76. The van der Waals surface area contributed by atoms with E-state index in [1.54, 1.807) is 6.08 Å². The Hall–Kier alpha value is -3.00. The van der Waals surface area contributed by atoms with Crippen LogP contribution in [0.2, 0.25) is 5.15 Å². The lowest BCUT2D eigenvalue weighted by Gasteiger charge is -2.05. The molecule has 0 aliphatic heterocycles. The molecule has 0 aliphatic carbocycles. The van der Waals surface area contributed by atoms with E-state index >= 15 is 0 Å². The number of hydrogen-bond acceptors (Lipinski definition) is 4. The van der Waals surface area contributed by atoms with Gasteiger partial charge in [0.25, 0.3) is 0 Å². The molecule has 2 aromatic carbocycles. The van der Waals surface area contributed by atoms with Gasteiger partial charge < -0.3 is 0 Å². The number of rotatable bonds is 3. The summed E-state index contributed by atoms with van der Waals surface area (Å²) in [5, 5.41) is 13.7. The summed E-state index contributed by atoms with van der Waals surface area (Å²) in [7, 11) is 0. The van der Waals surface area contributed by atoms with E-state index in [1.165, 1.54) is 16.9 Å². The highest BCUT2D eigenvalue weighted by molar-refractivity contribution is 7.11. The van der Waals surface area contributed by atoms with Gasteiger partial charge in [-0.05, 0) is 31.6 Å². The maximum absolute atomic E-state index is 9.69. The van der Waals surface area contributed by atoms with E-state index in [2.05, 4.69) is 35.1 Å². The van der Waals surface area contributed by atoms with Gasteiger partial charge in [0.2, 0.25) is 0 Å². The van der Waals surface area contributed by atoms with Gasteiger partial charge in [0.05, 0.1) is 16.8 Å². The normalized spacial score (nSPS) is 11.6. The monoisotopic (exact) mass is 401 g/mol. The minimum atomic E-state index is 0.380. The summed E-state index contributed by atoms with van der Waals surface area (Å²) >= 11 is 7.84. The quantitative estimate of drug-likeness (QED) is 0.283. The van der Waals surface area contributed by atoms with Crippen LogP contribution in [0.4, 0.5) is 0 Å². The van der Waals surface area contributed by atoms with Crippen LogP contribution in [0.5, 0.6) is 0 Å². The Kier molecular flexibility index (Phi) is 4.95. The Balaban J connectivity index is 1.74. The molecule has 0 N–H and O–H groups in total. The summed E-state index contributed by atoms with van der Waals surface area (Å²) in [5.74, 6) is 0. The number of allylic oxidation sites excluding steroid dienone is 1. The van der Waals surface area contributed by atoms with E-state index in [0.717, 1.165) is 27.7 Å². The summed E-state index contributed by atoms with van der Waals surface area (Å²) in [6, 6.07) is 18.4. The lowest BCUT2D eigenvalue weighted by molar-refractivity contribution is 1.35. The summed E-state index contributed by atoms with van der Waals surface area (Å²) < 4.78 is 0. The van der Waals surface area contributed by atoms with Crippen LogP contribution in [0.1, 0.15) is 21.7 Å². The van der Waals surface area contributed by atoms with E-state index in [4.69, 9.17) is 11.6 Å². The lowest BCUT2D eigenvalue weighted by atomic mass is 10.1. The number of pyridine rings is 1. The molecule has 0 radical (unpaired) electrons. The third-order valence-corrected chi connectivity index (χ3v) is 5.71. The van der Waals surface area contributed by atoms with Gasteiger partial charge in [-0.3, -0.25) is 0 Å². The van der Waals surface area contributed by atoms with Crippen molar-refractivity contribution in [2.45, 2.75) is 13.8 Å². The van der Waals surface area contributed by atoms with Gasteiger partial charge in [0.1, 0.15) is 16.2 Å². The average Bonchev–Trinajstić information content (AvgIpc) is 3.17. The molecule has 28 heavy (non-hydrogen) atoms. The van der Waals surface area contributed by atoms with Crippen molar-refractivity contribution >= 4 is 45.5 Å². The van der Waals surface area contributed by atoms with E-state index in [-0.39, 0.29) is 0 Å². The molecule has 4 rings (SSSR count). The third kappa shape index (κ3) is 3.55. The zero-order chi connectivity index (χ0) is 19.7. The largest absolute Gasteiger partial charge is 0.235 e. The van der Waals surface area contributed by atoms with E-state index < -0.39 is 0 Å². The molecule has 3 nitrogen and oxygen atoms in total. The first kappa shape index (κ1) is 18.4. The van der Waals surface area contributed by atoms with Crippen molar-refractivity contribution in [1.29, 1.82) is 5.26 Å². The average molecular weight is 402 g/mol. The van der Waals surface area contributed by atoms with Crippen LogP contribution >= 0.6 is 22.9 Å². The Bertz CT molecular complexity index is 1250. The first-order chi connectivity index (χ1) is 13.5. The molecule has 0 atom stereocenters. The number of halogens is 1. The van der Waals surface area contributed by atoms with Gasteiger partial charge in [0.15, 0.2) is 0 Å². The highest BCUT2D eigenvalue weighted by atomic mass is 35.5. The molecule has 0 unspecified atom stereocenters. The fraction of sp³-hybridized carbons (Fsp3) is 0.0870. The van der Waals surface area contributed by atoms with Crippen molar-refractivity contribution in [2.75, 3.05) is 0 Å². The Morgan fingerprint density at radius 2 is 1.89 bits per heavy atom. The van der Waals surface area contributed by atoms with Gasteiger partial charge in [-0.25, -0.2) is 9.97 Å². The molecule has 2 aromatic heterocycles. The number of fused-ring (bicyclic) bond motifs is 1. The molecule has 5 heteroatoms. The van der Waals surface area contributed by atoms with Crippen molar-refractivity contribution in [3.63, 3.8) is 0 Å². The van der Waals surface area contributed by atoms with Gasteiger partial charge in [-0.2, -0.15) is 5.26 Å². The van der Waals surface area contributed by atoms with E-state index in [0.29, 0.717) is 21.3 Å². The van der Waals surface area contributed by atoms with Crippen LogP contribution in [0, 0.1) is 25.2 Å². The fourth-order valence-corrected chi connectivity index (χ4v) is 3.98. The molecule has 2 heterocycles. The van der Waals surface area contributed by atoms with Crippen molar-refractivity contribution < 1.29 is 0 Å². The van der Waals surface area contributed by atoms with Gasteiger partial charge in [-0.15, -0.1) is 11.3 Å². The molecule has 0 amide bonds. The molecule has 0 saturated carbocycles. The summed E-state index contributed by atoms with van der Waals surface area (Å²) in [4.78, 5) is 9.16. The maximum atomic E-state index is 9.69. The van der Waals surface area contributed by atoms with Crippen molar-refractivity contribution in [1.82, 2.24) is 9.97 Å². The summed E-state index contributed by atoms with van der Waals surface area (Å²) in [6.07, 6.45) is 1.76. The minimum absolute atomic E-state index is 0.380. The number of benzene rings is 2. The minimum Gasteiger partial charge on any atom is -0.235 e. The second kappa shape index (κ2) is 7.55. The first-order valence-corrected chi connectivity index (χ1v) is 10.0. The number of thiazole rings is 1. The molecule has 0 bridgehead atoms. The number of nitrogens with zero attached hydrogens (tertiary/aromatic N) is 3. The second-order valence-corrected chi connectivity index (χ2v) is 7.80. The summed E-state index contributed by atoms with van der Waals surface area (Å²) in [5.41, 5.74) is 6.22. The van der Waals surface area contributed by atoms with Crippen LogP contribution < -0.4 is 0 Å².